The van der Waals surface area contributed by atoms with E-state index in [0.717, 1.165) is 10.4 Å². The second kappa shape index (κ2) is 7.51. The van der Waals surface area contributed by atoms with E-state index in [0.29, 0.717) is 5.56 Å². The van der Waals surface area contributed by atoms with E-state index >= 15 is 0 Å². The second-order valence-electron chi connectivity index (χ2n) is 4.64. The van der Waals surface area contributed by atoms with Crippen molar-refractivity contribution < 1.29 is 14.0 Å². The van der Waals surface area contributed by atoms with Crippen LogP contribution in [0, 0.1) is 12.7 Å². The number of thiophene rings is 1. The van der Waals surface area contributed by atoms with Gasteiger partial charge in [-0.2, -0.15) is 0 Å². The van der Waals surface area contributed by atoms with Crippen LogP contribution in [-0.4, -0.2) is 11.8 Å². The minimum absolute atomic E-state index is 0.0638. The molecule has 1 aromatic carbocycles. The molecule has 6 heteroatoms. The van der Waals surface area contributed by atoms with E-state index in [-0.39, 0.29) is 18.1 Å². The van der Waals surface area contributed by atoms with Crippen molar-refractivity contribution in [3.63, 3.8) is 0 Å². The summed E-state index contributed by atoms with van der Waals surface area (Å²) in [6.07, 6.45) is 3.12. The van der Waals surface area contributed by atoms with E-state index in [1.54, 1.807) is 6.08 Å². The lowest BCUT2D eigenvalue weighted by atomic mass is 10.1. The van der Waals surface area contributed by atoms with Crippen LogP contribution in [0.4, 0.5) is 4.39 Å². The summed E-state index contributed by atoms with van der Waals surface area (Å²) in [5.41, 5.74) is 6.37. The first-order chi connectivity index (χ1) is 10.5. The molecular formula is C16H15FN2O2S. The topological polar surface area (TPSA) is 58.2 Å². The van der Waals surface area contributed by atoms with Gasteiger partial charge < -0.3 is 0 Å². The van der Waals surface area contributed by atoms with E-state index in [4.69, 9.17) is 0 Å². The van der Waals surface area contributed by atoms with Crippen LogP contribution in [0.1, 0.15) is 16.0 Å². The summed E-state index contributed by atoms with van der Waals surface area (Å²) in [5, 5.41) is 1.94. The van der Waals surface area contributed by atoms with Gasteiger partial charge in [0, 0.05) is 11.0 Å². The van der Waals surface area contributed by atoms with Gasteiger partial charge in [0.05, 0.1) is 6.42 Å². The van der Waals surface area contributed by atoms with Gasteiger partial charge in [0.25, 0.3) is 5.91 Å². The Bertz CT molecular complexity index is 692. The highest BCUT2D eigenvalue weighted by molar-refractivity contribution is 7.11. The highest BCUT2D eigenvalue weighted by atomic mass is 32.1. The molecule has 0 saturated carbocycles. The van der Waals surface area contributed by atoms with Crippen molar-refractivity contribution in [1.82, 2.24) is 10.9 Å². The number of carbonyl (C=O) groups excluding carboxylic acids is 2. The standard InChI is InChI=1S/C16H15FN2O2S/c1-11-8-9-22-14(11)6-7-15(20)18-19-16(21)10-12-2-4-13(17)5-3-12/h2-9H,10H2,1H3,(H,18,20)(H,19,21)/b7-6+. The lowest BCUT2D eigenvalue weighted by molar-refractivity contribution is -0.126. The summed E-state index contributed by atoms with van der Waals surface area (Å²) < 4.78 is 12.7. The van der Waals surface area contributed by atoms with Gasteiger partial charge in [-0.05, 0) is 47.7 Å². The van der Waals surface area contributed by atoms with Crippen molar-refractivity contribution in [2.24, 2.45) is 0 Å². The molecule has 1 aromatic heterocycles. The van der Waals surface area contributed by atoms with Crippen molar-refractivity contribution in [3.8, 4) is 0 Å². The number of nitrogens with one attached hydrogen (secondary N) is 2. The van der Waals surface area contributed by atoms with Crippen LogP contribution < -0.4 is 10.9 Å². The average Bonchev–Trinajstić information content (AvgIpc) is 2.91. The third kappa shape index (κ3) is 4.82. The monoisotopic (exact) mass is 318 g/mol. The van der Waals surface area contributed by atoms with Gasteiger partial charge in [-0.15, -0.1) is 11.3 Å². The number of hydrogen-bond acceptors (Lipinski definition) is 3. The molecular weight excluding hydrogens is 303 g/mol. The van der Waals surface area contributed by atoms with E-state index in [1.807, 2.05) is 18.4 Å². The van der Waals surface area contributed by atoms with Gasteiger partial charge in [0.2, 0.25) is 5.91 Å². The van der Waals surface area contributed by atoms with E-state index in [2.05, 4.69) is 10.9 Å². The zero-order valence-electron chi connectivity index (χ0n) is 11.9. The highest BCUT2D eigenvalue weighted by Gasteiger charge is 2.04. The fourth-order valence-electron chi connectivity index (χ4n) is 1.71. The number of hydrogen-bond donors (Lipinski definition) is 2. The van der Waals surface area contributed by atoms with Crippen LogP contribution in [0.15, 0.2) is 41.8 Å². The molecule has 0 unspecified atom stereocenters. The lowest BCUT2D eigenvalue weighted by Crippen LogP contribution is -2.41. The molecule has 114 valence electrons. The lowest BCUT2D eigenvalue weighted by Gasteiger charge is -2.05. The predicted molar refractivity (Wildman–Crippen MR) is 84.5 cm³/mol. The summed E-state index contributed by atoms with van der Waals surface area (Å²) in [4.78, 5) is 24.2. The third-order valence-corrected chi connectivity index (χ3v) is 3.88. The number of hydrazine groups is 1. The fraction of sp³-hybridized carbons (Fsp3) is 0.125. The van der Waals surface area contributed by atoms with Gasteiger partial charge in [0.15, 0.2) is 0 Å². The molecule has 2 N–H and O–H groups in total. The second-order valence-corrected chi connectivity index (χ2v) is 5.59. The third-order valence-electron chi connectivity index (χ3n) is 2.89. The van der Waals surface area contributed by atoms with Gasteiger partial charge >= 0.3 is 0 Å². The minimum atomic E-state index is -0.416. The number of halogens is 1. The molecule has 2 aromatic rings. The van der Waals surface area contributed by atoms with Crippen LogP contribution in [0.5, 0.6) is 0 Å². The van der Waals surface area contributed by atoms with Crippen LogP contribution in [0.25, 0.3) is 6.08 Å². The quantitative estimate of drug-likeness (QED) is 0.672. The van der Waals surface area contributed by atoms with Gasteiger partial charge in [-0.3, -0.25) is 20.4 Å². The van der Waals surface area contributed by atoms with Crippen LogP contribution in [0.3, 0.4) is 0 Å². The van der Waals surface area contributed by atoms with Crippen molar-refractivity contribution >= 4 is 29.2 Å². The molecule has 0 radical (unpaired) electrons. The largest absolute Gasteiger partial charge is 0.273 e. The molecule has 22 heavy (non-hydrogen) atoms. The molecule has 2 amide bonds. The Morgan fingerprint density at radius 1 is 1.18 bits per heavy atom. The zero-order chi connectivity index (χ0) is 15.9. The molecule has 0 saturated heterocycles. The first-order valence-electron chi connectivity index (χ1n) is 6.60. The Hall–Kier alpha value is -2.47. The van der Waals surface area contributed by atoms with Crippen LogP contribution >= 0.6 is 11.3 Å². The zero-order valence-corrected chi connectivity index (χ0v) is 12.7. The summed E-state index contributed by atoms with van der Waals surface area (Å²) in [6, 6.07) is 7.58. The van der Waals surface area contributed by atoms with Gasteiger partial charge in [-0.1, -0.05) is 12.1 Å². The number of carbonyl (C=O) groups is 2. The van der Waals surface area contributed by atoms with E-state index in [9.17, 15) is 14.0 Å². The summed E-state index contributed by atoms with van der Waals surface area (Å²) >= 11 is 1.53. The Kier molecular flexibility index (Phi) is 5.43. The van der Waals surface area contributed by atoms with Gasteiger partial charge in [0.1, 0.15) is 5.82 Å². The Balaban J connectivity index is 1.78. The molecule has 0 atom stereocenters. The summed E-state index contributed by atoms with van der Waals surface area (Å²) in [5.74, 6) is -1.15. The molecule has 0 aliphatic rings. The molecule has 0 spiro atoms. The Morgan fingerprint density at radius 3 is 2.55 bits per heavy atom. The maximum absolute atomic E-state index is 12.7. The molecule has 1 heterocycles. The summed E-state index contributed by atoms with van der Waals surface area (Å²) in [6.45, 7) is 1.96. The highest BCUT2D eigenvalue weighted by Crippen LogP contribution is 2.16. The van der Waals surface area contributed by atoms with Gasteiger partial charge in [-0.25, -0.2) is 4.39 Å². The van der Waals surface area contributed by atoms with Crippen LogP contribution in [-0.2, 0) is 16.0 Å². The Morgan fingerprint density at radius 2 is 1.91 bits per heavy atom. The Labute approximate surface area is 131 Å². The molecule has 2 rings (SSSR count). The maximum Gasteiger partial charge on any atom is 0.262 e. The number of aryl methyl sites for hydroxylation is 1. The molecule has 0 bridgehead atoms. The fourth-order valence-corrected chi connectivity index (χ4v) is 2.53. The smallest absolute Gasteiger partial charge is 0.262 e. The van der Waals surface area contributed by atoms with E-state index < -0.39 is 5.91 Å². The van der Waals surface area contributed by atoms with Crippen molar-refractivity contribution in [2.45, 2.75) is 13.3 Å². The minimum Gasteiger partial charge on any atom is -0.273 e. The first-order valence-corrected chi connectivity index (χ1v) is 7.48. The summed E-state index contributed by atoms with van der Waals surface area (Å²) in [7, 11) is 0. The van der Waals surface area contributed by atoms with Crippen LogP contribution in [0.2, 0.25) is 0 Å². The van der Waals surface area contributed by atoms with Crippen molar-refractivity contribution in [2.75, 3.05) is 0 Å². The molecule has 0 aliphatic carbocycles. The average molecular weight is 318 g/mol. The number of benzene rings is 1. The van der Waals surface area contributed by atoms with Crippen molar-refractivity contribution in [3.05, 3.63) is 63.6 Å². The first kappa shape index (κ1) is 15.9. The predicted octanol–water partition coefficient (Wildman–Crippen LogP) is 2.60. The number of amides is 2. The number of rotatable bonds is 4. The van der Waals surface area contributed by atoms with E-state index in [1.165, 1.54) is 41.7 Å². The normalized spacial score (nSPS) is 10.6. The van der Waals surface area contributed by atoms with Crippen molar-refractivity contribution in [1.29, 1.82) is 0 Å². The maximum atomic E-state index is 12.7. The molecule has 0 fully saturated rings. The molecule has 4 nitrogen and oxygen atoms in total. The SMILES string of the molecule is Cc1ccsc1/C=C/C(=O)NNC(=O)Cc1ccc(F)cc1. The molecule has 0 aliphatic heterocycles.